The Bertz CT molecular complexity index is 1250. The van der Waals surface area contributed by atoms with Gasteiger partial charge in [0.1, 0.15) is 5.65 Å². The van der Waals surface area contributed by atoms with Crippen LogP contribution in [-0.4, -0.2) is 56.9 Å². The zero-order valence-corrected chi connectivity index (χ0v) is 18.0. The van der Waals surface area contributed by atoms with Gasteiger partial charge in [0, 0.05) is 74.0 Å². The van der Waals surface area contributed by atoms with E-state index in [2.05, 4.69) is 37.3 Å². The van der Waals surface area contributed by atoms with Crippen molar-refractivity contribution in [3.8, 4) is 11.3 Å². The van der Waals surface area contributed by atoms with E-state index in [9.17, 15) is 4.79 Å². The normalized spacial score (nSPS) is 14.4. The molecule has 0 bridgehead atoms. The molecule has 0 unspecified atom stereocenters. The summed E-state index contributed by atoms with van der Waals surface area (Å²) in [7, 11) is 0. The van der Waals surface area contributed by atoms with E-state index in [4.69, 9.17) is 4.98 Å². The third kappa shape index (κ3) is 4.12. The number of anilines is 3. The monoisotopic (exact) mass is 427 g/mol. The quantitative estimate of drug-likeness (QED) is 0.515. The molecule has 0 saturated carbocycles. The van der Waals surface area contributed by atoms with Gasteiger partial charge in [-0.3, -0.25) is 4.79 Å². The third-order valence-electron chi connectivity index (χ3n) is 5.79. The van der Waals surface area contributed by atoms with Gasteiger partial charge in [-0.2, -0.15) is 0 Å². The summed E-state index contributed by atoms with van der Waals surface area (Å²) in [5.41, 5.74) is 4.71. The van der Waals surface area contributed by atoms with Crippen molar-refractivity contribution in [2.24, 2.45) is 0 Å². The molecule has 4 heterocycles. The smallest absolute Gasteiger partial charge is 0.227 e. The number of aromatic amines is 1. The molecule has 0 spiro atoms. The molecule has 5 rings (SSSR count). The minimum Gasteiger partial charge on any atom is -0.370 e. The fraction of sp³-hybridized carbons (Fsp3) is 0.250. The molecular weight excluding hydrogens is 402 g/mol. The minimum atomic E-state index is 0.144. The number of rotatable bonds is 4. The average Bonchev–Trinajstić information content (AvgIpc) is 3.08. The van der Waals surface area contributed by atoms with E-state index < -0.39 is 0 Å². The molecule has 8 nitrogen and oxygen atoms in total. The minimum absolute atomic E-state index is 0.144. The maximum atomic E-state index is 11.7. The van der Waals surface area contributed by atoms with Crippen LogP contribution in [0.15, 0.2) is 61.1 Å². The van der Waals surface area contributed by atoms with Crippen LogP contribution in [0.4, 0.5) is 17.3 Å². The van der Waals surface area contributed by atoms with Gasteiger partial charge in [0.15, 0.2) is 0 Å². The van der Waals surface area contributed by atoms with Crippen LogP contribution in [0.2, 0.25) is 0 Å². The summed E-state index contributed by atoms with van der Waals surface area (Å²) >= 11 is 0. The number of fused-ring (bicyclic) bond motifs is 1. The Morgan fingerprint density at radius 1 is 1.03 bits per heavy atom. The van der Waals surface area contributed by atoms with E-state index >= 15 is 0 Å². The van der Waals surface area contributed by atoms with Gasteiger partial charge in [0.05, 0.1) is 5.69 Å². The van der Waals surface area contributed by atoms with Crippen LogP contribution in [-0.2, 0) is 4.79 Å². The number of benzene rings is 1. The van der Waals surface area contributed by atoms with Crippen LogP contribution < -0.4 is 10.2 Å². The average molecular weight is 428 g/mol. The van der Waals surface area contributed by atoms with Crippen molar-refractivity contribution in [2.75, 3.05) is 36.4 Å². The van der Waals surface area contributed by atoms with E-state index in [1.807, 2.05) is 41.4 Å². The van der Waals surface area contributed by atoms with Crippen LogP contribution in [0.25, 0.3) is 22.3 Å². The highest BCUT2D eigenvalue weighted by molar-refractivity contribution is 5.92. The van der Waals surface area contributed by atoms with Gasteiger partial charge in [-0.15, -0.1) is 0 Å². The standard InChI is InChI=1S/C24H25N7O/c1-17(32)30-11-4-12-31(14-13-30)19-6-2-5-18(15-19)28-24-26-10-8-22(29-24)21-16-27-23-20(21)7-3-9-25-23/h2-3,5-10,15-16H,4,11-14H2,1H3,(H,25,27)(H,26,28,29). The lowest BCUT2D eigenvalue weighted by Crippen LogP contribution is -2.33. The van der Waals surface area contributed by atoms with Crippen molar-refractivity contribution in [2.45, 2.75) is 13.3 Å². The van der Waals surface area contributed by atoms with Gasteiger partial charge in [0.2, 0.25) is 11.9 Å². The molecule has 1 aliphatic rings. The van der Waals surface area contributed by atoms with E-state index in [1.165, 1.54) is 0 Å². The Balaban J connectivity index is 1.35. The fourth-order valence-electron chi connectivity index (χ4n) is 4.14. The van der Waals surface area contributed by atoms with Crippen LogP contribution in [0.1, 0.15) is 13.3 Å². The van der Waals surface area contributed by atoms with Crippen molar-refractivity contribution in [1.82, 2.24) is 24.8 Å². The first kappa shape index (κ1) is 20.0. The van der Waals surface area contributed by atoms with Crippen molar-refractivity contribution in [3.63, 3.8) is 0 Å². The number of aromatic nitrogens is 4. The Kier molecular flexibility index (Phi) is 5.41. The molecule has 4 aromatic rings. The number of pyridine rings is 1. The molecule has 1 amide bonds. The van der Waals surface area contributed by atoms with E-state index in [0.717, 1.165) is 66.3 Å². The number of carbonyl (C=O) groups is 1. The van der Waals surface area contributed by atoms with Crippen molar-refractivity contribution < 1.29 is 4.79 Å². The molecule has 8 heteroatoms. The van der Waals surface area contributed by atoms with Crippen LogP contribution in [0.5, 0.6) is 0 Å². The van der Waals surface area contributed by atoms with E-state index in [-0.39, 0.29) is 5.91 Å². The first-order chi connectivity index (χ1) is 15.7. The van der Waals surface area contributed by atoms with Gasteiger partial charge < -0.3 is 20.1 Å². The molecule has 0 aliphatic carbocycles. The molecule has 2 N–H and O–H groups in total. The molecule has 0 radical (unpaired) electrons. The summed E-state index contributed by atoms with van der Waals surface area (Å²) in [4.78, 5) is 32.6. The van der Waals surface area contributed by atoms with Crippen molar-refractivity contribution in [3.05, 3.63) is 61.1 Å². The van der Waals surface area contributed by atoms with Gasteiger partial charge in [-0.05, 0) is 42.8 Å². The topological polar surface area (TPSA) is 90.0 Å². The second-order valence-electron chi connectivity index (χ2n) is 7.89. The number of carbonyl (C=O) groups excluding carboxylic acids is 1. The Morgan fingerprint density at radius 2 is 1.97 bits per heavy atom. The summed E-state index contributed by atoms with van der Waals surface area (Å²) in [5, 5.41) is 4.36. The predicted molar refractivity (Wildman–Crippen MR) is 126 cm³/mol. The summed E-state index contributed by atoms with van der Waals surface area (Å²) in [5.74, 6) is 0.682. The highest BCUT2D eigenvalue weighted by atomic mass is 16.2. The van der Waals surface area contributed by atoms with E-state index in [1.54, 1.807) is 19.3 Å². The number of nitrogens with zero attached hydrogens (tertiary/aromatic N) is 5. The van der Waals surface area contributed by atoms with Crippen LogP contribution >= 0.6 is 0 Å². The number of H-pyrrole nitrogens is 1. The zero-order valence-electron chi connectivity index (χ0n) is 18.0. The first-order valence-corrected chi connectivity index (χ1v) is 10.8. The largest absolute Gasteiger partial charge is 0.370 e. The lowest BCUT2D eigenvalue weighted by molar-refractivity contribution is -0.128. The van der Waals surface area contributed by atoms with Crippen molar-refractivity contribution in [1.29, 1.82) is 0 Å². The second kappa shape index (κ2) is 8.66. The summed E-state index contributed by atoms with van der Waals surface area (Å²) in [6, 6.07) is 14.1. The predicted octanol–water partition coefficient (Wildman–Crippen LogP) is 3.82. The number of hydrogen-bond acceptors (Lipinski definition) is 6. The molecule has 1 fully saturated rings. The molecule has 0 atom stereocenters. The van der Waals surface area contributed by atoms with E-state index in [0.29, 0.717) is 5.95 Å². The highest BCUT2D eigenvalue weighted by Crippen LogP contribution is 2.27. The first-order valence-electron chi connectivity index (χ1n) is 10.8. The summed E-state index contributed by atoms with van der Waals surface area (Å²) in [6.45, 7) is 4.95. The van der Waals surface area contributed by atoms with Gasteiger partial charge in [0.25, 0.3) is 0 Å². The number of amides is 1. The fourth-order valence-corrected chi connectivity index (χ4v) is 4.14. The summed E-state index contributed by atoms with van der Waals surface area (Å²) < 4.78 is 0. The molecular formula is C24H25N7O. The Labute approximate surface area is 186 Å². The van der Waals surface area contributed by atoms with Gasteiger partial charge >= 0.3 is 0 Å². The number of nitrogens with one attached hydrogen (secondary N) is 2. The number of hydrogen-bond donors (Lipinski definition) is 2. The SMILES string of the molecule is CC(=O)N1CCCN(c2cccc(Nc3nccc(-c4c[nH]c5ncccc45)n3)c2)CC1. The van der Waals surface area contributed by atoms with Crippen molar-refractivity contribution >= 4 is 34.3 Å². The van der Waals surface area contributed by atoms with Gasteiger partial charge in [-0.25, -0.2) is 15.0 Å². The lowest BCUT2D eigenvalue weighted by Gasteiger charge is -2.24. The molecule has 162 valence electrons. The maximum Gasteiger partial charge on any atom is 0.227 e. The molecule has 1 aromatic carbocycles. The molecule has 3 aromatic heterocycles. The molecule has 1 aliphatic heterocycles. The zero-order chi connectivity index (χ0) is 21.9. The van der Waals surface area contributed by atoms with Crippen LogP contribution in [0, 0.1) is 0 Å². The van der Waals surface area contributed by atoms with Crippen LogP contribution in [0.3, 0.4) is 0 Å². The highest BCUT2D eigenvalue weighted by Gasteiger charge is 2.17. The molecule has 32 heavy (non-hydrogen) atoms. The van der Waals surface area contributed by atoms with Gasteiger partial charge in [-0.1, -0.05) is 6.07 Å². The summed E-state index contributed by atoms with van der Waals surface area (Å²) in [6.07, 6.45) is 6.41. The molecule has 1 saturated heterocycles. The maximum absolute atomic E-state index is 11.7. The second-order valence-corrected chi connectivity index (χ2v) is 7.89. The lowest BCUT2D eigenvalue weighted by atomic mass is 10.1. The Morgan fingerprint density at radius 3 is 2.88 bits per heavy atom. The Hall–Kier alpha value is -3.94. The third-order valence-corrected chi connectivity index (χ3v) is 5.79.